The highest BCUT2D eigenvalue weighted by atomic mass is 16.5. The monoisotopic (exact) mass is 438 g/mol. The lowest BCUT2D eigenvalue weighted by Crippen LogP contribution is -2.47. The summed E-state index contributed by atoms with van der Waals surface area (Å²) in [5, 5.41) is 13.6. The lowest BCUT2D eigenvalue weighted by Gasteiger charge is -2.28. The summed E-state index contributed by atoms with van der Waals surface area (Å²) in [6.45, 7) is 0.193. The molecule has 6 rings (SSSR count). The van der Waals surface area contributed by atoms with Crippen molar-refractivity contribution in [1.82, 2.24) is 10.3 Å². The molecule has 2 unspecified atom stereocenters. The zero-order valence-electron chi connectivity index (χ0n) is 17.7. The van der Waals surface area contributed by atoms with Crippen LogP contribution in [-0.2, 0) is 20.7 Å². The Balaban J connectivity index is 1.31. The van der Waals surface area contributed by atoms with E-state index in [1.165, 1.54) is 0 Å². The zero-order chi connectivity index (χ0) is 22.5. The fourth-order valence-electron chi connectivity index (χ4n) is 5.27. The van der Waals surface area contributed by atoms with Crippen LogP contribution in [0.1, 0.15) is 34.3 Å². The Morgan fingerprint density at radius 2 is 1.55 bits per heavy atom. The number of hydrogen-bond acceptors (Lipinski definition) is 4. The Hall–Kier alpha value is -3.90. The number of esters is 1. The number of carboxylic acids is 1. The van der Waals surface area contributed by atoms with Gasteiger partial charge in [-0.25, -0.2) is 4.79 Å². The molecule has 4 aromatic rings. The third-order valence-corrected chi connectivity index (χ3v) is 6.80. The second kappa shape index (κ2) is 7.60. The molecule has 2 heterocycles. The molecule has 3 aromatic carbocycles. The van der Waals surface area contributed by atoms with E-state index in [1.54, 1.807) is 0 Å². The molecular formula is C27H22N2O4. The summed E-state index contributed by atoms with van der Waals surface area (Å²) in [6.07, 6.45) is 0.307. The molecule has 0 fully saturated rings. The lowest BCUT2D eigenvalue weighted by atomic mass is 9.94. The molecular weight excluding hydrogens is 416 g/mol. The standard InChI is InChI=1S/C27H22N2O4/c30-26(31)23-13-20-19-11-5-6-12-22(19)28-24(20)25(29-23)27(32)33-14-21-17-9-3-1-7-15(17)16-8-2-4-10-18(16)21/h1-12,21,23,25,28-29H,13-14H2,(H,30,31). The minimum atomic E-state index is -0.984. The minimum Gasteiger partial charge on any atom is -0.480 e. The van der Waals surface area contributed by atoms with E-state index in [2.05, 4.69) is 34.6 Å². The predicted molar refractivity (Wildman–Crippen MR) is 124 cm³/mol. The number of carbonyl (C=O) groups excluding carboxylic acids is 1. The number of aliphatic carboxylic acids is 1. The second-order valence-corrected chi connectivity index (χ2v) is 8.61. The summed E-state index contributed by atoms with van der Waals surface area (Å²) in [4.78, 5) is 28.4. The summed E-state index contributed by atoms with van der Waals surface area (Å²) in [5.41, 5.74) is 7.02. The quantitative estimate of drug-likeness (QED) is 0.416. The topological polar surface area (TPSA) is 91.4 Å². The normalized spacial score (nSPS) is 19.0. The average molecular weight is 438 g/mol. The molecule has 164 valence electrons. The number of carboxylic acid groups (broad SMARTS) is 1. The van der Waals surface area contributed by atoms with E-state index >= 15 is 0 Å². The largest absolute Gasteiger partial charge is 0.480 e. The maximum atomic E-state index is 13.3. The van der Waals surface area contributed by atoms with Crippen molar-refractivity contribution < 1.29 is 19.4 Å². The van der Waals surface area contributed by atoms with E-state index in [0.29, 0.717) is 12.1 Å². The van der Waals surface area contributed by atoms with Gasteiger partial charge in [-0.2, -0.15) is 0 Å². The Morgan fingerprint density at radius 1 is 0.909 bits per heavy atom. The molecule has 0 bridgehead atoms. The van der Waals surface area contributed by atoms with Crippen molar-refractivity contribution in [2.75, 3.05) is 6.61 Å². The SMILES string of the molecule is O=C(O)C1Cc2c([nH]c3ccccc23)C(C(=O)OCC2c3ccccc3-c3ccccc32)N1. The highest BCUT2D eigenvalue weighted by Crippen LogP contribution is 2.44. The first kappa shape index (κ1) is 19.8. The molecule has 1 aromatic heterocycles. The van der Waals surface area contributed by atoms with Gasteiger partial charge < -0.3 is 14.8 Å². The number of carbonyl (C=O) groups is 2. The van der Waals surface area contributed by atoms with Crippen molar-refractivity contribution in [3.05, 3.63) is 95.2 Å². The van der Waals surface area contributed by atoms with Gasteiger partial charge >= 0.3 is 11.9 Å². The van der Waals surface area contributed by atoms with Gasteiger partial charge in [0.15, 0.2) is 0 Å². The molecule has 0 amide bonds. The van der Waals surface area contributed by atoms with Gasteiger partial charge in [0.1, 0.15) is 18.7 Å². The molecule has 3 N–H and O–H groups in total. The van der Waals surface area contributed by atoms with Crippen molar-refractivity contribution in [3.63, 3.8) is 0 Å². The van der Waals surface area contributed by atoms with E-state index in [0.717, 1.165) is 38.7 Å². The highest BCUT2D eigenvalue weighted by Gasteiger charge is 2.38. The minimum absolute atomic E-state index is 0.0533. The van der Waals surface area contributed by atoms with Crippen LogP contribution in [0.15, 0.2) is 72.8 Å². The number of H-pyrrole nitrogens is 1. The number of aromatic amines is 1. The van der Waals surface area contributed by atoms with Crippen LogP contribution >= 0.6 is 0 Å². The van der Waals surface area contributed by atoms with Gasteiger partial charge in [-0.3, -0.25) is 10.1 Å². The predicted octanol–water partition coefficient (Wildman–Crippen LogP) is 4.16. The molecule has 1 aliphatic carbocycles. The van der Waals surface area contributed by atoms with E-state index in [9.17, 15) is 14.7 Å². The maximum Gasteiger partial charge on any atom is 0.329 e. The van der Waals surface area contributed by atoms with Gasteiger partial charge in [-0.05, 0) is 33.9 Å². The summed E-state index contributed by atoms with van der Waals surface area (Å²) in [7, 11) is 0. The first-order valence-corrected chi connectivity index (χ1v) is 11.0. The molecule has 2 atom stereocenters. The molecule has 6 heteroatoms. The summed E-state index contributed by atoms with van der Waals surface area (Å²) >= 11 is 0. The van der Waals surface area contributed by atoms with Crippen LogP contribution in [0.4, 0.5) is 0 Å². The van der Waals surface area contributed by atoms with Crippen molar-refractivity contribution in [2.45, 2.75) is 24.4 Å². The van der Waals surface area contributed by atoms with E-state index in [1.807, 2.05) is 48.5 Å². The number of rotatable bonds is 4. The molecule has 0 saturated carbocycles. The zero-order valence-corrected chi connectivity index (χ0v) is 17.7. The fourth-order valence-corrected chi connectivity index (χ4v) is 5.27. The van der Waals surface area contributed by atoms with Crippen molar-refractivity contribution in [3.8, 4) is 11.1 Å². The fraction of sp³-hybridized carbons (Fsp3) is 0.185. The molecule has 0 radical (unpaired) electrons. The van der Waals surface area contributed by atoms with Crippen LogP contribution in [-0.4, -0.2) is 34.7 Å². The van der Waals surface area contributed by atoms with E-state index in [-0.39, 0.29) is 12.5 Å². The molecule has 2 aliphatic rings. The number of fused-ring (bicyclic) bond motifs is 6. The summed E-state index contributed by atoms with van der Waals surface area (Å²) < 4.78 is 5.85. The molecule has 0 saturated heterocycles. The smallest absolute Gasteiger partial charge is 0.329 e. The van der Waals surface area contributed by atoms with Gasteiger partial charge in [0, 0.05) is 28.9 Å². The summed E-state index contributed by atoms with van der Waals surface area (Å²) in [5.74, 6) is -1.51. The number of benzene rings is 3. The van der Waals surface area contributed by atoms with Crippen LogP contribution in [0.2, 0.25) is 0 Å². The van der Waals surface area contributed by atoms with Crippen molar-refractivity contribution in [1.29, 1.82) is 0 Å². The van der Waals surface area contributed by atoms with E-state index < -0.39 is 24.0 Å². The Bertz CT molecular complexity index is 1360. The molecule has 1 aliphatic heterocycles. The van der Waals surface area contributed by atoms with Crippen LogP contribution in [0, 0.1) is 0 Å². The first-order chi connectivity index (χ1) is 16.1. The number of para-hydroxylation sites is 1. The Kier molecular flexibility index (Phi) is 4.55. The molecule has 6 nitrogen and oxygen atoms in total. The van der Waals surface area contributed by atoms with Gasteiger partial charge in [0.2, 0.25) is 0 Å². The number of aromatic nitrogens is 1. The van der Waals surface area contributed by atoms with Gasteiger partial charge in [-0.15, -0.1) is 0 Å². The third-order valence-electron chi connectivity index (χ3n) is 6.80. The van der Waals surface area contributed by atoms with Gasteiger partial charge in [0.25, 0.3) is 0 Å². The van der Waals surface area contributed by atoms with Gasteiger partial charge in [-0.1, -0.05) is 66.7 Å². The van der Waals surface area contributed by atoms with Gasteiger partial charge in [0.05, 0.1) is 0 Å². The Labute approximate surface area is 190 Å². The molecule has 33 heavy (non-hydrogen) atoms. The van der Waals surface area contributed by atoms with E-state index in [4.69, 9.17) is 4.74 Å². The van der Waals surface area contributed by atoms with Crippen molar-refractivity contribution >= 4 is 22.8 Å². The van der Waals surface area contributed by atoms with Crippen LogP contribution in [0.3, 0.4) is 0 Å². The maximum absolute atomic E-state index is 13.3. The number of ether oxygens (including phenoxy) is 1. The summed E-state index contributed by atoms with van der Waals surface area (Å²) in [6, 6.07) is 22.3. The number of nitrogens with one attached hydrogen (secondary N) is 2. The average Bonchev–Trinajstić information content (AvgIpc) is 3.38. The van der Waals surface area contributed by atoms with Crippen molar-refractivity contribution in [2.24, 2.45) is 0 Å². The third kappa shape index (κ3) is 3.14. The van der Waals surface area contributed by atoms with Crippen LogP contribution in [0.25, 0.3) is 22.0 Å². The van der Waals surface area contributed by atoms with Crippen LogP contribution in [0.5, 0.6) is 0 Å². The lowest BCUT2D eigenvalue weighted by molar-refractivity contribution is -0.148. The molecule has 0 spiro atoms. The number of hydrogen-bond donors (Lipinski definition) is 3. The second-order valence-electron chi connectivity index (χ2n) is 8.61. The van der Waals surface area contributed by atoms with Crippen LogP contribution < -0.4 is 5.32 Å². The Morgan fingerprint density at radius 3 is 2.24 bits per heavy atom. The highest BCUT2D eigenvalue weighted by molar-refractivity contribution is 5.90. The first-order valence-electron chi connectivity index (χ1n) is 11.0.